The molecule has 1 aliphatic rings. The van der Waals surface area contributed by atoms with Crippen LogP contribution in [0.15, 0.2) is 12.3 Å². The second kappa shape index (κ2) is 7.04. The molecule has 0 N–H and O–H groups in total. The van der Waals surface area contributed by atoms with Gasteiger partial charge >= 0.3 is 0 Å². The Bertz CT molecular complexity index is 432. The Balaban J connectivity index is 2.00. The van der Waals surface area contributed by atoms with Crippen LogP contribution in [0, 0.1) is 0 Å². The molecular formula is C16H27N3O. The molecule has 0 saturated heterocycles. The maximum atomic E-state index is 5.93. The third-order valence-corrected chi connectivity index (χ3v) is 3.59. The summed E-state index contributed by atoms with van der Waals surface area (Å²) in [6, 6.07) is 2.00. The Kier molecular flexibility index (Phi) is 5.38. The third kappa shape index (κ3) is 4.18. The minimum atomic E-state index is 0.214. The van der Waals surface area contributed by atoms with Gasteiger partial charge in [-0.3, -0.25) is 9.88 Å². The molecule has 1 aromatic heterocycles. The summed E-state index contributed by atoms with van der Waals surface area (Å²) in [5.74, 6) is 1.02. The summed E-state index contributed by atoms with van der Waals surface area (Å²) in [7, 11) is 4.26. The van der Waals surface area contributed by atoms with E-state index in [2.05, 4.69) is 42.7 Å². The number of hydrogen-bond donors (Lipinski definition) is 0. The van der Waals surface area contributed by atoms with Crippen LogP contribution in [-0.2, 0) is 13.0 Å². The van der Waals surface area contributed by atoms with E-state index in [4.69, 9.17) is 4.74 Å². The molecule has 0 amide bonds. The van der Waals surface area contributed by atoms with E-state index in [9.17, 15) is 0 Å². The molecule has 1 aromatic rings. The molecule has 0 fully saturated rings. The molecule has 112 valence electrons. The van der Waals surface area contributed by atoms with Gasteiger partial charge in [-0.25, -0.2) is 0 Å². The first-order chi connectivity index (χ1) is 9.56. The predicted molar refractivity (Wildman–Crippen MR) is 82.2 cm³/mol. The molecule has 4 heteroatoms. The van der Waals surface area contributed by atoms with Crippen LogP contribution in [0.25, 0.3) is 0 Å². The number of aromatic nitrogens is 1. The van der Waals surface area contributed by atoms with Crippen molar-refractivity contribution in [3.05, 3.63) is 23.5 Å². The second-order valence-corrected chi connectivity index (χ2v) is 6.08. The summed E-state index contributed by atoms with van der Waals surface area (Å²) in [6.45, 7) is 8.52. The molecule has 0 aliphatic carbocycles. The van der Waals surface area contributed by atoms with E-state index >= 15 is 0 Å². The van der Waals surface area contributed by atoms with Crippen molar-refractivity contribution in [1.29, 1.82) is 0 Å². The molecule has 2 heterocycles. The van der Waals surface area contributed by atoms with E-state index in [-0.39, 0.29) is 6.10 Å². The monoisotopic (exact) mass is 277 g/mol. The SMILES string of the molecule is CC(C)Oc1ccnc2c1CN(CCCN(C)C)CC2. The highest BCUT2D eigenvalue weighted by Gasteiger charge is 2.20. The smallest absolute Gasteiger partial charge is 0.127 e. The van der Waals surface area contributed by atoms with Gasteiger partial charge in [0.15, 0.2) is 0 Å². The van der Waals surface area contributed by atoms with E-state index < -0.39 is 0 Å². The molecule has 4 nitrogen and oxygen atoms in total. The van der Waals surface area contributed by atoms with Crippen LogP contribution in [-0.4, -0.2) is 54.6 Å². The first kappa shape index (κ1) is 15.3. The summed E-state index contributed by atoms with van der Waals surface area (Å²) >= 11 is 0. The molecule has 0 bridgehead atoms. The van der Waals surface area contributed by atoms with Crippen molar-refractivity contribution in [2.75, 3.05) is 33.7 Å². The van der Waals surface area contributed by atoms with Gasteiger partial charge in [0.2, 0.25) is 0 Å². The highest BCUT2D eigenvalue weighted by molar-refractivity contribution is 5.37. The average Bonchev–Trinajstić information content (AvgIpc) is 2.38. The predicted octanol–water partition coefficient (Wildman–Crippen LogP) is 2.18. The van der Waals surface area contributed by atoms with Crippen molar-refractivity contribution >= 4 is 0 Å². The lowest BCUT2D eigenvalue weighted by molar-refractivity contribution is 0.212. The standard InChI is InChI=1S/C16H27N3O/c1-13(2)20-16-6-8-17-15-7-11-19(12-14(15)16)10-5-9-18(3)4/h6,8,13H,5,7,9-12H2,1-4H3. The van der Waals surface area contributed by atoms with Crippen LogP contribution in [0.1, 0.15) is 31.5 Å². The van der Waals surface area contributed by atoms with Crippen LogP contribution < -0.4 is 4.74 Å². The quantitative estimate of drug-likeness (QED) is 0.797. The Morgan fingerprint density at radius 3 is 2.90 bits per heavy atom. The summed E-state index contributed by atoms with van der Waals surface area (Å²) in [6.07, 6.45) is 4.33. The van der Waals surface area contributed by atoms with Gasteiger partial charge in [-0.05, 0) is 53.5 Å². The van der Waals surface area contributed by atoms with Gasteiger partial charge in [0.25, 0.3) is 0 Å². The van der Waals surface area contributed by atoms with E-state index in [0.29, 0.717) is 0 Å². The van der Waals surface area contributed by atoms with Crippen molar-refractivity contribution in [3.63, 3.8) is 0 Å². The van der Waals surface area contributed by atoms with E-state index in [1.807, 2.05) is 12.3 Å². The molecule has 2 rings (SSSR count). The van der Waals surface area contributed by atoms with Crippen molar-refractivity contribution in [2.24, 2.45) is 0 Å². The molecule has 0 saturated carbocycles. The average molecular weight is 277 g/mol. The van der Waals surface area contributed by atoms with Crippen LogP contribution >= 0.6 is 0 Å². The lowest BCUT2D eigenvalue weighted by Gasteiger charge is -2.30. The second-order valence-electron chi connectivity index (χ2n) is 6.08. The Morgan fingerprint density at radius 2 is 2.20 bits per heavy atom. The number of pyridine rings is 1. The molecular weight excluding hydrogens is 250 g/mol. The maximum absolute atomic E-state index is 5.93. The molecule has 0 aromatic carbocycles. The fraction of sp³-hybridized carbons (Fsp3) is 0.688. The minimum Gasteiger partial charge on any atom is -0.491 e. The van der Waals surface area contributed by atoms with Gasteiger partial charge in [-0.1, -0.05) is 0 Å². The van der Waals surface area contributed by atoms with E-state index in [0.717, 1.165) is 38.3 Å². The van der Waals surface area contributed by atoms with Crippen molar-refractivity contribution in [2.45, 2.75) is 39.3 Å². The zero-order chi connectivity index (χ0) is 14.5. The van der Waals surface area contributed by atoms with Gasteiger partial charge in [0.05, 0.1) is 6.10 Å². The summed E-state index contributed by atoms with van der Waals surface area (Å²) < 4.78 is 5.93. The fourth-order valence-corrected chi connectivity index (χ4v) is 2.63. The fourth-order valence-electron chi connectivity index (χ4n) is 2.63. The van der Waals surface area contributed by atoms with Gasteiger partial charge in [0, 0.05) is 37.0 Å². The minimum absolute atomic E-state index is 0.214. The summed E-state index contributed by atoms with van der Waals surface area (Å²) in [4.78, 5) is 9.27. The van der Waals surface area contributed by atoms with Gasteiger partial charge in [-0.15, -0.1) is 0 Å². The molecule has 20 heavy (non-hydrogen) atoms. The van der Waals surface area contributed by atoms with Crippen LogP contribution in [0.5, 0.6) is 5.75 Å². The highest BCUT2D eigenvalue weighted by Crippen LogP contribution is 2.27. The number of nitrogens with zero attached hydrogens (tertiary/aromatic N) is 3. The summed E-state index contributed by atoms with van der Waals surface area (Å²) in [5.41, 5.74) is 2.50. The highest BCUT2D eigenvalue weighted by atomic mass is 16.5. The lowest BCUT2D eigenvalue weighted by Crippen LogP contribution is -2.33. The van der Waals surface area contributed by atoms with Crippen molar-refractivity contribution in [1.82, 2.24) is 14.8 Å². The zero-order valence-corrected chi connectivity index (χ0v) is 13.2. The Labute approximate surface area is 122 Å². The Morgan fingerprint density at radius 1 is 1.40 bits per heavy atom. The zero-order valence-electron chi connectivity index (χ0n) is 13.2. The first-order valence-corrected chi connectivity index (χ1v) is 7.56. The number of hydrogen-bond acceptors (Lipinski definition) is 4. The van der Waals surface area contributed by atoms with Crippen molar-refractivity contribution in [3.8, 4) is 5.75 Å². The largest absolute Gasteiger partial charge is 0.491 e. The Hall–Kier alpha value is -1.13. The molecule has 0 unspecified atom stereocenters. The van der Waals surface area contributed by atoms with Crippen molar-refractivity contribution < 1.29 is 4.74 Å². The topological polar surface area (TPSA) is 28.6 Å². The van der Waals surface area contributed by atoms with Gasteiger partial charge in [0.1, 0.15) is 5.75 Å². The van der Waals surface area contributed by atoms with Gasteiger partial charge < -0.3 is 9.64 Å². The molecule has 0 spiro atoms. The number of ether oxygens (including phenoxy) is 1. The molecule has 0 radical (unpaired) electrons. The molecule has 1 aliphatic heterocycles. The van der Waals surface area contributed by atoms with Crippen LogP contribution in [0.3, 0.4) is 0 Å². The van der Waals surface area contributed by atoms with E-state index in [1.54, 1.807) is 0 Å². The first-order valence-electron chi connectivity index (χ1n) is 7.56. The molecule has 0 atom stereocenters. The van der Waals surface area contributed by atoms with E-state index in [1.165, 1.54) is 17.7 Å². The van der Waals surface area contributed by atoms with Crippen LogP contribution in [0.2, 0.25) is 0 Å². The number of rotatable bonds is 6. The number of fused-ring (bicyclic) bond motifs is 1. The maximum Gasteiger partial charge on any atom is 0.127 e. The summed E-state index contributed by atoms with van der Waals surface area (Å²) in [5, 5.41) is 0. The lowest BCUT2D eigenvalue weighted by atomic mass is 10.0. The normalized spacial score (nSPS) is 15.7. The van der Waals surface area contributed by atoms with Crippen LogP contribution in [0.4, 0.5) is 0 Å². The third-order valence-electron chi connectivity index (χ3n) is 3.59. The van der Waals surface area contributed by atoms with Gasteiger partial charge in [-0.2, -0.15) is 0 Å².